The summed E-state index contributed by atoms with van der Waals surface area (Å²) < 4.78 is 27.3. The number of nitrogens with one attached hydrogen (secondary N) is 2. The average Bonchev–Trinajstić information content (AvgIpc) is 2.67. The van der Waals surface area contributed by atoms with Crippen LogP contribution in [0.1, 0.15) is 25.3 Å². The summed E-state index contributed by atoms with van der Waals surface area (Å²) in [6.45, 7) is 6.27. The zero-order valence-corrected chi connectivity index (χ0v) is 19.3. The molecule has 162 valence electrons. The Labute approximate surface area is 187 Å². The Kier molecular flexibility index (Phi) is 7.42. The van der Waals surface area contributed by atoms with E-state index in [-0.39, 0.29) is 12.5 Å². The highest BCUT2D eigenvalue weighted by Crippen LogP contribution is 2.22. The molecule has 1 heterocycles. The van der Waals surface area contributed by atoms with Crippen LogP contribution < -0.4 is 10.2 Å². The highest BCUT2D eigenvalue weighted by Gasteiger charge is 2.31. The fourth-order valence-corrected chi connectivity index (χ4v) is 5.42. The number of carbonyl (C=O) groups excluding carboxylic acids is 1. The van der Waals surface area contributed by atoms with Crippen molar-refractivity contribution < 1.29 is 18.1 Å². The first-order valence-corrected chi connectivity index (χ1v) is 12.0. The summed E-state index contributed by atoms with van der Waals surface area (Å²) in [4.78, 5) is 13.7. The molecule has 0 radical (unpaired) electrons. The van der Waals surface area contributed by atoms with E-state index in [9.17, 15) is 13.2 Å². The van der Waals surface area contributed by atoms with E-state index in [1.165, 1.54) is 4.31 Å². The van der Waals surface area contributed by atoms with Gasteiger partial charge in [-0.05, 0) is 41.8 Å². The highest BCUT2D eigenvalue weighted by atomic mass is 35.5. The van der Waals surface area contributed by atoms with Crippen LogP contribution in [0.2, 0.25) is 10.0 Å². The van der Waals surface area contributed by atoms with Crippen LogP contribution in [0.5, 0.6) is 0 Å². The topological polar surface area (TPSA) is 70.9 Å². The zero-order valence-electron chi connectivity index (χ0n) is 17.0. The van der Waals surface area contributed by atoms with Crippen LogP contribution in [0.15, 0.2) is 47.4 Å². The SMILES string of the molecule is CC(C)c1ccc(S(=O)(=O)N2CC[NH+](CC(=O)Nc3cc(Cl)cc(Cl)c3)CC2)cc1. The van der Waals surface area contributed by atoms with Crippen LogP contribution in [0.25, 0.3) is 0 Å². The molecule has 0 spiro atoms. The molecular formula is C21H26Cl2N3O3S+. The summed E-state index contributed by atoms with van der Waals surface area (Å²) in [5, 5.41) is 3.69. The summed E-state index contributed by atoms with van der Waals surface area (Å²) in [6, 6.07) is 11.9. The number of sulfonamides is 1. The van der Waals surface area contributed by atoms with Gasteiger partial charge in [-0.2, -0.15) is 4.31 Å². The maximum Gasteiger partial charge on any atom is 0.279 e. The van der Waals surface area contributed by atoms with Gasteiger partial charge < -0.3 is 10.2 Å². The smallest absolute Gasteiger partial charge is 0.279 e. The van der Waals surface area contributed by atoms with Gasteiger partial charge in [-0.15, -0.1) is 0 Å². The number of hydrogen-bond donors (Lipinski definition) is 2. The Morgan fingerprint density at radius 3 is 2.17 bits per heavy atom. The lowest BCUT2D eigenvalue weighted by atomic mass is 10.0. The first kappa shape index (κ1) is 23.0. The van der Waals surface area contributed by atoms with Crippen molar-refractivity contribution in [2.24, 2.45) is 0 Å². The van der Waals surface area contributed by atoms with Crippen molar-refractivity contribution >= 4 is 44.8 Å². The molecule has 2 aromatic carbocycles. The minimum atomic E-state index is -3.52. The van der Waals surface area contributed by atoms with Crippen LogP contribution in [-0.4, -0.2) is 51.4 Å². The predicted octanol–water partition coefficient (Wildman–Crippen LogP) is 2.64. The van der Waals surface area contributed by atoms with Gasteiger partial charge in [0.05, 0.1) is 31.1 Å². The van der Waals surface area contributed by atoms with Crippen LogP contribution in [0, 0.1) is 0 Å². The summed E-state index contributed by atoms with van der Waals surface area (Å²) in [5.41, 5.74) is 1.65. The number of nitrogens with zero attached hydrogens (tertiary/aromatic N) is 1. The van der Waals surface area contributed by atoms with Crippen molar-refractivity contribution in [3.8, 4) is 0 Å². The third-order valence-corrected chi connectivity index (χ3v) is 7.52. The minimum Gasteiger partial charge on any atom is -0.325 e. The number of halogens is 2. The minimum absolute atomic E-state index is 0.163. The molecule has 30 heavy (non-hydrogen) atoms. The molecule has 0 unspecified atom stereocenters. The number of benzene rings is 2. The Bertz CT molecular complexity index is 982. The van der Waals surface area contributed by atoms with Crippen LogP contribution in [0.3, 0.4) is 0 Å². The molecule has 0 saturated carbocycles. The predicted molar refractivity (Wildman–Crippen MR) is 120 cm³/mol. The summed E-state index contributed by atoms with van der Waals surface area (Å²) in [5.74, 6) is 0.187. The van der Waals surface area contributed by atoms with Crippen molar-refractivity contribution in [3.05, 3.63) is 58.1 Å². The maximum atomic E-state index is 12.9. The van der Waals surface area contributed by atoms with E-state index in [0.29, 0.717) is 52.7 Å². The summed E-state index contributed by atoms with van der Waals surface area (Å²) >= 11 is 11.9. The van der Waals surface area contributed by atoms with Gasteiger partial charge in [0.1, 0.15) is 0 Å². The summed E-state index contributed by atoms with van der Waals surface area (Å²) in [6.07, 6.45) is 0. The lowest BCUT2D eigenvalue weighted by Gasteiger charge is -2.31. The molecule has 1 fully saturated rings. The highest BCUT2D eigenvalue weighted by molar-refractivity contribution is 7.89. The Morgan fingerprint density at radius 1 is 1.07 bits per heavy atom. The average molecular weight is 471 g/mol. The second-order valence-corrected chi connectivity index (χ2v) is 10.6. The largest absolute Gasteiger partial charge is 0.325 e. The molecule has 6 nitrogen and oxygen atoms in total. The van der Waals surface area contributed by atoms with Gasteiger partial charge in [-0.3, -0.25) is 4.79 Å². The second-order valence-electron chi connectivity index (χ2n) is 7.76. The van der Waals surface area contributed by atoms with Gasteiger partial charge in [-0.1, -0.05) is 49.2 Å². The van der Waals surface area contributed by atoms with E-state index in [4.69, 9.17) is 23.2 Å². The second kappa shape index (κ2) is 9.66. The molecule has 0 aliphatic carbocycles. The summed E-state index contributed by atoms with van der Waals surface area (Å²) in [7, 11) is -3.52. The monoisotopic (exact) mass is 470 g/mol. The number of carbonyl (C=O) groups is 1. The molecule has 1 saturated heterocycles. The molecule has 0 atom stereocenters. The molecule has 2 aromatic rings. The first-order valence-electron chi connectivity index (χ1n) is 9.85. The standard InChI is InChI=1S/C21H25Cl2N3O3S/c1-15(2)16-3-5-20(6-4-16)30(28,29)26-9-7-25(8-10-26)14-21(27)24-19-12-17(22)11-18(23)13-19/h3-6,11-13,15H,7-10,14H2,1-2H3,(H,24,27)/p+1. The van der Waals surface area contributed by atoms with Gasteiger partial charge in [0.15, 0.2) is 6.54 Å². The van der Waals surface area contributed by atoms with Gasteiger partial charge in [-0.25, -0.2) is 8.42 Å². The molecular weight excluding hydrogens is 445 g/mol. The normalized spacial score (nSPS) is 16.0. The number of anilines is 1. The van der Waals surface area contributed by atoms with E-state index in [2.05, 4.69) is 19.2 Å². The molecule has 2 N–H and O–H groups in total. The van der Waals surface area contributed by atoms with Crippen LogP contribution in [-0.2, 0) is 14.8 Å². The Morgan fingerprint density at radius 2 is 1.63 bits per heavy atom. The van der Waals surface area contributed by atoms with E-state index in [0.717, 1.165) is 10.5 Å². The lowest BCUT2D eigenvalue weighted by molar-refractivity contribution is -0.895. The van der Waals surface area contributed by atoms with E-state index < -0.39 is 10.0 Å². The molecule has 1 aliphatic rings. The van der Waals surface area contributed by atoms with Crippen molar-refractivity contribution in [2.45, 2.75) is 24.7 Å². The van der Waals surface area contributed by atoms with Gasteiger partial charge >= 0.3 is 0 Å². The maximum absolute atomic E-state index is 12.9. The molecule has 1 aliphatic heterocycles. The van der Waals surface area contributed by atoms with Crippen molar-refractivity contribution in [3.63, 3.8) is 0 Å². The number of rotatable bonds is 6. The molecule has 1 amide bonds. The van der Waals surface area contributed by atoms with E-state index in [1.807, 2.05) is 12.1 Å². The number of piperazine rings is 1. The fourth-order valence-electron chi connectivity index (χ4n) is 3.45. The Hall–Kier alpha value is -1.64. The van der Waals surface area contributed by atoms with Gasteiger partial charge in [0.2, 0.25) is 10.0 Å². The van der Waals surface area contributed by atoms with Crippen molar-refractivity contribution in [1.29, 1.82) is 0 Å². The lowest BCUT2D eigenvalue weighted by Crippen LogP contribution is -3.15. The quantitative estimate of drug-likeness (QED) is 0.681. The van der Waals surface area contributed by atoms with E-state index in [1.54, 1.807) is 30.3 Å². The van der Waals surface area contributed by atoms with Crippen molar-refractivity contribution in [1.82, 2.24) is 4.31 Å². The molecule has 0 aromatic heterocycles. The van der Waals surface area contributed by atoms with Gasteiger partial charge in [0.25, 0.3) is 5.91 Å². The van der Waals surface area contributed by atoms with Crippen LogP contribution in [0.4, 0.5) is 5.69 Å². The Balaban J connectivity index is 1.55. The number of amides is 1. The molecule has 9 heteroatoms. The number of hydrogen-bond acceptors (Lipinski definition) is 3. The van der Waals surface area contributed by atoms with Gasteiger partial charge in [0, 0.05) is 15.7 Å². The third kappa shape index (κ3) is 5.74. The van der Waals surface area contributed by atoms with E-state index >= 15 is 0 Å². The third-order valence-electron chi connectivity index (χ3n) is 5.17. The number of quaternary nitrogens is 1. The molecule has 0 bridgehead atoms. The fraction of sp³-hybridized carbons (Fsp3) is 0.381. The zero-order chi connectivity index (χ0) is 21.9. The van der Waals surface area contributed by atoms with Crippen molar-refractivity contribution in [2.75, 3.05) is 38.0 Å². The molecule has 3 rings (SSSR count). The first-order chi connectivity index (χ1) is 14.1. The van der Waals surface area contributed by atoms with Crippen LogP contribution >= 0.6 is 23.2 Å².